The van der Waals surface area contributed by atoms with Crippen molar-refractivity contribution in [1.82, 2.24) is 15.1 Å². The fourth-order valence-electron chi connectivity index (χ4n) is 4.89. The molecule has 42 heavy (non-hydrogen) atoms. The van der Waals surface area contributed by atoms with E-state index >= 15 is 0 Å². The van der Waals surface area contributed by atoms with Crippen molar-refractivity contribution in [3.63, 3.8) is 0 Å². The van der Waals surface area contributed by atoms with Crippen LogP contribution in [0.25, 0.3) is 22.2 Å². The molecule has 212 valence electrons. The van der Waals surface area contributed by atoms with Gasteiger partial charge in [-0.15, -0.1) is 10.2 Å². The van der Waals surface area contributed by atoms with Crippen LogP contribution >= 0.6 is 11.8 Å². The highest BCUT2D eigenvalue weighted by molar-refractivity contribution is 7.99. The number of aromatic nitrogens is 2. The van der Waals surface area contributed by atoms with Gasteiger partial charge in [0.25, 0.3) is 11.1 Å². The number of nitrogens with zero attached hydrogens (tertiary/aromatic N) is 4. The van der Waals surface area contributed by atoms with E-state index in [1.807, 2.05) is 83.8 Å². The van der Waals surface area contributed by atoms with Crippen molar-refractivity contribution < 1.29 is 18.7 Å². The van der Waals surface area contributed by atoms with Gasteiger partial charge in [-0.25, -0.2) is 0 Å². The molecule has 4 aromatic carbocycles. The van der Waals surface area contributed by atoms with Crippen LogP contribution in [0.4, 0.5) is 11.4 Å². The van der Waals surface area contributed by atoms with Gasteiger partial charge in [-0.05, 0) is 65.4 Å². The van der Waals surface area contributed by atoms with Crippen LogP contribution < -0.4 is 15.0 Å². The summed E-state index contributed by atoms with van der Waals surface area (Å²) < 4.78 is 11.0. The van der Waals surface area contributed by atoms with Crippen LogP contribution in [0.3, 0.4) is 0 Å². The summed E-state index contributed by atoms with van der Waals surface area (Å²) >= 11 is 1.20. The molecule has 0 radical (unpaired) electrons. The molecule has 6 rings (SSSR count). The van der Waals surface area contributed by atoms with Gasteiger partial charge in [-0.2, -0.15) is 0 Å². The molecule has 0 unspecified atom stereocenters. The maximum Gasteiger partial charge on any atom is 0.277 e. The van der Waals surface area contributed by atoms with Crippen molar-refractivity contribution in [3.8, 4) is 17.2 Å². The van der Waals surface area contributed by atoms with E-state index < -0.39 is 0 Å². The zero-order chi connectivity index (χ0) is 28.9. The van der Waals surface area contributed by atoms with E-state index in [4.69, 9.17) is 9.15 Å². The predicted octanol–water partition coefficient (Wildman–Crippen LogP) is 5.59. The summed E-state index contributed by atoms with van der Waals surface area (Å²) in [5.41, 5.74) is 3.22. The van der Waals surface area contributed by atoms with Gasteiger partial charge in [0.05, 0.1) is 12.9 Å². The number of nitrogens with one attached hydrogen (secondary N) is 1. The third-order valence-corrected chi connectivity index (χ3v) is 7.95. The Bertz CT molecular complexity index is 1710. The van der Waals surface area contributed by atoms with Crippen LogP contribution in [0.2, 0.25) is 0 Å². The van der Waals surface area contributed by atoms with Crippen LogP contribution in [0.15, 0.2) is 101 Å². The predicted molar refractivity (Wildman–Crippen MR) is 164 cm³/mol. The smallest absolute Gasteiger partial charge is 0.277 e. The first-order chi connectivity index (χ1) is 20.6. The number of piperazine rings is 1. The van der Waals surface area contributed by atoms with E-state index in [-0.39, 0.29) is 17.6 Å². The van der Waals surface area contributed by atoms with Crippen LogP contribution in [0.5, 0.6) is 5.75 Å². The molecule has 2 heterocycles. The third-order valence-electron chi connectivity index (χ3n) is 7.13. The Morgan fingerprint density at radius 3 is 2.45 bits per heavy atom. The Morgan fingerprint density at radius 1 is 0.881 bits per heavy atom. The van der Waals surface area contributed by atoms with Crippen molar-refractivity contribution in [2.45, 2.75) is 5.22 Å². The second kappa shape index (κ2) is 12.4. The molecule has 1 aromatic heterocycles. The maximum atomic E-state index is 12.9. The van der Waals surface area contributed by atoms with E-state index in [1.165, 1.54) is 11.8 Å². The van der Waals surface area contributed by atoms with Gasteiger partial charge >= 0.3 is 0 Å². The average Bonchev–Trinajstić information content (AvgIpc) is 3.53. The topological polar surface area (TPSA) is 101 Å². The van der Waals surface area contributed by atoms with E-state index in [2.05, 4.69) is 26.5 Å². The Balaban J connectivity index is 0.979. The molecule has 0 spiro atoms. The number of ether oxygens (including phenoxy) is 1. The number of carbonyl (C=O) groups is 2. The number of anilines is 2. The minimum atomic E-state index is -0.164. The third kappa shape index (κ3) is 6.23. The Kier molecular flexibility index (Phi) is 8.05. The lowest BCUT2D eigenvalue weighted by Crippen LogP contribution is -2.48. The SMILES string of the molecule is COc1cccc(C(=O)N2CCN(c3ccc(NC(=O)CSc4nnc(-c5ccc6ccccc6c5)o4)cc3)CC2)c1. The standard InChI is InChI=1S/C32H29N5O4S/c1-40-28-8-4-7-25(20-28)31(39)37-17-15-36(16-18-37)27-13-11-26(12-14-27)33-29(38)21-42-32-35-34-30(41-32)24-10-9-22-5-2-3-6-23(22)19-24/h2-14,19-20H,15-18,21H2,1H3,(H,33,38). The Morgan fingerprint density at radius 2 is 1.67 bits per heavy atom. The molecule has 2 amide bonds. The first-order valence-electron chi connectivity index (χ1n) is 13.6. The van der Waals surface area contributed by atoms with Crippen molar-refractivity contribution in [1.29, 1.82) is 0 Å². The number of benzene rings is 4. The van der Waals surface area contributed by atoms with E-state index in [1.54, 1.807) is 13.2 Å². The van der Waals surface area contributed by atoms with Gasteiger partial charge in [0.15, 0.2) is 0 Å². The number of hydrogen-bond donors (Lipinski definition) is 1. The monoisotopic (exact) mass is 579 g/mol. The molecule has 1 aliphatic rings. The zero-order valence-electron chi connectivity index (χ0n) is 23.0. The number of rotatable bonds is 8. The number of amides is 2. The van der Waals surface area contributed by atoms with E-state index in [0.29, 0.717) is 41.2 Å². The van der Waals surface area contributed by atoms with Crippen LogP contribution in [0.1, 0.15) is 10.4 Å². The van der Waals surface area contributed by atoms with Crippen LogP contribution in [-0.2, 0) is 4.79 Å². The lowest BCUT2D eigenvalue weighted by Gasteiger charge is -2.36. The number of fused-ring (bicyclic) bond motifs is 1. The largest absolute Gasteiger partial charge is 0.497 e. The molecule has 0 aliphatic carbocycles. The lowest BCUT2D eigenvalue weighted by molar-refractivity contribution is -0.113. The molecule has 0 atom stereocenters. The van der Waals surface area contributed by atoms with Gasteiger partial charge in [-0.3, -0.25) is 9.59 Å². The highest BCUT2D eigenvalue weighted by atomic mass is 32.2. The summed E-state index contributed by atoms with van der Waals surface area (Å²) in [4.78, 5) is 29.6. The Labute approximate surface area is 247 Å². The van der Waals surface area contributed by atoms with Gasteiger partial charge in [0, 0.05) is 48.7 Å². The molecule has 0 bridgehead atoms. The second-order valence-electron chi connectivity index (χ2n) is 9.83. The zero-order valence-corrected chi connectivity index (χ0v) is 23.8. The summed E-state index contributed by atoms with van der Waals surface area (Å²) in [7, 11) is 1.59. The van der Waals surface area contributed by atoms with Crippen LogP contribution in [0, 0.1) is 0 Å². The Hall–Kier alpha value is -4.83. The molecule has 1 aliphatic heterocycles. The molecular weight excluding hydrogens is 550 g/mol. The van der Waals surface area contributed by atoms with E-state index in [0.717, 1.165) is 35.1 Å². The molecule has 1 saturated heterocycles. The maximum absolute atomic E-state index is 12.9. The first-order valence-corrected chi connectivity index (χ1v) is 14.6. The molecule has 1 fully saturated rings. The molecule has 1 N–H and O–H groups in total. The second-order valence-corrected chi connectivity index (χ2v) is 10.8. The van der Waals surface area contributed by atoms with Gasteiger partial charge in [0.1, 0.15) is 5.75 Å². The van der Waals surface area contributed by atoms with Gasteiger partial charge < -0.3 is 24.3 Å². The van der Waals surface area contributed by atoms with Crippen molar-refractivity contribution >= 4 is 45.7 Å². The fraction of sp³-hybridized carbons (Fsp3) is 0.188. The number of hydrogen-bond acceptors (Lipinski definition) is 8. The van der Waals surface area contributed by atoms with Crippen molar-refractivity contribution in [2.24, 2.45) is 0 Å². The summed E-state index contributed by atoms with van der Waals surface area (Å²) in [6, 6.07) is 29.0. The lowest BCUT2D eigenvalue weighted by atomic mass is 10.1. The minimum Gasteiger partial charge on any atom is -0.497 e. The number of methoxy groups -OCH3 is 1. The van der Waals surface area contributed by atoms with Crippen LogP contribution in [-0.4, -0.2) is 66.0 Å². The highest BCUT2D eigenvalue weighted by Gasteiger charge is 2.23. The summed E-state index contributed by atoms with van der Waals surface area (Å²) in [5.74, 6) is 1.08. The minimum absolute atomic E-state index is 0.00919. The molecule has 5 aromatic rings. The molecule has 9 nitrogen and oxygen atoms in total. The highest BCUT2D eigenvalue weighted by Crippen LogP contribution is 2.27. The van der Waals surface area contributed by atoms with Gasteiger partial charge in [-0.1, -0.05) is 48.2 Å². The molecular formula is C32H29N5O4S. The number of carbonyl (C=O) groups excluding carboxylic acids is 2. The van der Waals surface area contributed by atoms with Crippen molar-refractivity contribution in [2.75, 3.05) is 49.3 Å². The normalized spacial score (nSPS) is 13.3. The molecule has 10 heteroatoms. The number of thioether (sulfide) groups is 1. The fourth-order valence-corrected chi connectivity index (χ4v) is 5.46. The van der Waals surface area contributed by atoms with Crippen molar-refractivity contribution in [3.05, 3.63) is 96.6 Å². The van der Waals surface area contributed by atoms with Gasteiger partial charge in [0.2, 0.25) is 11.8 Å². The summed E-state index contributed by atoms with van der Waals surface area (Å²) in [6.07, 6.45) is 0. The first kappa shape index (κ1) is 27.3. The summed E-state index contributed by atoms with van der Waals surface area (Å²) in [6.45, 7) is 2.71. The summed E-state index contributed by atoms with van der Waals surface area (Å²) in [5, 5.41) is 13.7. The van der Waals surface area contributed by atoms with E-state index in [9.17, 15) is 9.59 Å². The quantitative estimate of drug-likeness (QED) is 0.238. The molecule has 0 saturated carbocycles. The average molecular weight is 580 g/mol.